The fraction of sp³-hybridized carbons (Fsp3) is 0.143. The van der Waals surface area contributed by atoms with Crippen LogP contribution in [0.3, 0.4) is 0 Å². The quantitative estimate of drug-likeness (QED) is 0.793. The van der Waals surface area contributed by atoms with Crippen molar-refractivity contribution in [3.63, 3.8) is 0 Å². The van der Waals surface area contributed by atoms with Gasteiger partial charge in [0.2, 0.25) is 5.78 Å². The van der Waals surface area contributed by atoms with E-state index in [0.29, 0.717) is 5.75 Å². The Morgan fingerprint density at radius 1 is 1.21 bits per heavy atom. The van der Waals surface area contributed by atoms with Crippen LogP contribution in [0.15, 0.2) is 36.7 Å². The van der Waals surface area contributed by atoms with E-state index in [9.17, 15) is 9.18 Å². The van der Waals surface area contributed by atoms with E-state index in [2.05, 4.69) is 4.98 Å². The van der Waals surface area contributed by atoms with Gasteiger partial charge in [0.25, 0.3) is 0 Å². The molecule has 1 aromatic carbocycles. The van der Waals surface area contributed by atoms with Crippen molar-refractivity contribution >= 4 is 5.78 Å². The summed E-state index contributed by atoms with van der Waals surface area (Å²) < 4.78 is 23.8. The van der Waals surface area contributed by atoms with Crippen LogP contribution < -0.4 is 9.47 Å². The molecule has 4 nitrogen and oxygen atoms in total. The van der Waals surface area contributed by atoms with E-state index in [4.69, 9.17) is 9.47 Å². The van der Waals surface area contributed by atoms with Gasteiger partial charge in [-0.25, -0.2) is 4.39 Å². The van der Waals surface area contributed by atoms with Crippen LogP contribution in [-0.2, 0) is 0 Å². The Morgan fingerprint density at radius 3 is 2.68 bits per heavy atom. The first kappa shape index (κ1) is 13.0. The van der Waals surface area contributed by atoms with E-state index in [1.807, 2.05) is 0 Å². The van der Waals surface area contributed by atoms with Gasteiger partial charge in [-0.05, 0) is 18.2 Å². The van der Waals surface area contributed by atoms with Crippen molar-refractivity contribution < 1.29 is 18.7 Å². The maximum Gasteiger partial charge on any atom is 0.201 e. The van der Waals surface area contributed by atoms with Crippen molar-refractivity contribution in [3.8, 4) is 11.5 Å². The maximum atomic E-state index is 13.8. The minimum absolute atomic E-state index is 0.111. The van der Waals surface area contributed by atoms with Crippen LogP contribution in [0.2, 0.25) is 0 Å². The molecule has 19 heavy (non-hydrogen) atoms. The molecule has 0 aliphatic rings. The highest BCUT2D eigenvalue weighted by Gasteiger charge is 2.19. The second kappa shape index (κ2) is 5.48. The van der Waals surface area contributed by atoms with Crippen molar-refractivity contribution in [1.82, 2.24) is 4.98 Å². The van der Waals surface area contributed by atoms with Crippen molar-refractivity contribution in [2.45, 2.75) is 0 Å². The summed E-state index contributed by atoms with van der Waals surface area (Å²) >= 11 is 0. The van der Waals surface area contributed by atoms with Crippen molar-refractivity contribution in [3.05, 3.63) is 53.6 Å². The van der Waals surface area contributed by atoms with Crippen LogP contribution in [0.1, 0.15) is 15.9 Å². The Labute approximate surface area is 109 Å². The zero-order valence-electron chi connectivity index (χ0n) is 10.5. The van der Waals surface area contributed by atoms with Crippen LogP contribution in [0.4, 0.5) is 4.39 Å². The van der Waals surface area contributed by atoms with E-state index in [0.717, 1.165) is 0 Å². The highest BCUT2D eigenvalue weighted by Crippen LogP contribution is 2.25. The normalized spacial score (nSPS) is 10.1. The average molecular weight is 261 g/mol. The summed E-state index contributed by atoms with van der Waals surface area (Å²) in [4.78, 5) is 16.2. The number of ether oxygens (including phenoxy) is 2. The van der Waals surface area contributed by atoms with Gasteiger partial charge in [-0.3, -0.25) is 9.78 Å². The molecular formula is C14H12FNO3. The molecule has 1 aromatic heterocycles. The average Bonchev–Trinajstić information content (AvgIpc) is 2.46. The molecule has 5 heteroatoms. The van der Waals surface area contributed by atoms with Crippen LogP contribution in [0.5, 0.6) is 11.5 Å². The molecule has 0 unspecified atom stereocenters. The number of carbonyl (C=O) groups excluding carboxylic acids is 1. The lowest BCUT2D eigenvalue weighted by Crippen LogP contribution is -2.07. The van der Waals surface area contributed by atoms with Gasteiger partial charge >= 0.3 is 0 Å². The fourth-order valence-electron chi connectivity index (χ4n) is 1.69. The van der Waals surface area contributed by atoms with E-state index in [1.54, 1.807) is 0 Å². The van der Waals surface area contributed by atoms with Crippen molar-refractivity contribution in [2.24, 2.45) is 0 Å². The number of ketones is 1. The van der Waals surface area contributed by atoms with Crippen LogP contribution in [0, 0.1) is 5.82 Å². The molecule has 0 atom stereocenters. The van der Waals surface area contributed by atoms with Gasteiger partial charge in [-0.15, -0.1) is 0 Å². The third-order valence-corrected chi connectivity index (χ3v) is 2.63. The van der Waals surface area contributed by atoms with E-state index >= 15 is 0 Å². The van der Waals surface area contributed by atoms with Gasteiger partial charge in [0, 0.05) is 11.8 Å². The molecular weight excluding hydrogens is 249 g/mol. The van der Waals surface area contributed by atoms with Crippen LogP contribution in [0.25, 0.3) is 0 Å². The molecule has 0 radical (unpaired) electrons. The smallest absolute Gasteiger partial charge is 0.201 e. The van der Waals surface area contributed by atoms with Gasteiger partial charge in [0.1, 0.15) is 22.9 Å². The fourth-order valence-corrected chi connectivity index (χ4v) is 1.69. The number of hydrogen-bond acceptors (Lipinski definition) is 4. The summed E-state index contributed by atoms with van der Waals surface area (Å²) in [6, 6.07) is 5.73. The van der Waals surface area contributed by atoms with Gasteiger partial charge in [-0.2, -0.15) is 0 Å². The Morgan fingerprint density at radius 2 is 2.00 bits per heavy atom. The molecule has 0 aliphatic heterocycles. The molecule has 1 heterocycles. The number of aromatic nitrogens is 1. The number of rotatable bonds is 4. The number of pyridine rings is 1. The monoisotopic (exact) mass is 261 g/mol. The van der Waals surface area contributed by atoms with E-state index < -0.39 is 11.6 Å². The number of methoxy groups -OCH3 is 2. The lowest BCUT2D eigenvalue weighted by atomic mass is 10.0. The van der Waals surface area contributed by atoms with E-state index in [-0.39, 0.29) is 16.9 Å². The summed E-state index contributed by atoms with van der Waals surface area (Å²) in [5.41, 5.74) is 0.128. The summed E-state index contributed by atoms with van der Waals surface area (Å²) in [5.74, 6) is -0.512. The molecule has 0 bridgehead atoms. The van der Waals surface area contributed by atoms with Gasteiger partial charge in [-0.1, -0.05) is 6.07 Å². The number of benzene rings is 1. The zero-order chi connectivity index (χ0) is 13.8. The number of nitrogens with zero attached hydrogens (tertiary/aromatic N) is 1. The highest BCUT2D eigenvalue weighted by molar-refractivity contribution is 6.10. The topological polar surface area (TPSA) is 48.4 Å². The Bertz CT molecular complexity index is 613. The van der Waals surface area contributed by atoms with E-state index in [1.165, 1.54) is 50.9 Å². The first-order chi connectivity index (χ1) is 9.17. The Balaban J connectivity index is 2.49. The van der Waals surface area contributed by atoms with Crippen molar-refractivity contribution in [2.75, 3.05) is 14.2 Å². The number of halogens is 1. The first-order valence-electron chi connectivity index (χ1n) is 5.53. The van der Waals surface area contributed by atoms with Gasteiger partial charge in [0.15, 0.2) is 0 Å². The zero-order valence-corrected chi connectivity index (χ0v) is 10.5. The second-order valence-corrected chi connectivity index (χ2v) is 3.76. The Kier molecular flexibility index (Phi) is 3.75. The molecule has 0 aliphatic carbocycles. The second-order valence-electron chi connectivity index (χ2n) is 3.76. The number of hydrogen-bond donors (Lipinski definition) is 0. The molecule has 0 amide bonds. The molecule has 0 spiro atoms. The van der Waals surface area contributed by atoms with Gasteiger partial charge < -0.3 is 9.47 Å². The molecule has 2 rings (SSSR count). The number of carbonyl (C=O) groups is 1. The van der Waals surface area contributed by atoms with Crippen LogP contribution >= 0.6 is 0 Å². The molecule has 0 saturated carbocycles. The summed E-state index contributed by atoms with van der Waals surface area (Å²) in [5, 5.41) is 0. The molecule has 0 N–H and O–H groups in total. The molecule has 0 fully saturated rings. The maximum absolute atomic E-state index is 13.8. The lowest BCUT2D eigenvalue weighted by molar-refractivity contribution is 0.103. The third kappa shape index (κ3) is 2.54. The molecule has 0 saturated heterocycles. The third-order valence-electron chi connectivity index (χ3n) is 2.63. The SMILES string of the molecule is COc1cncc(C(=O)c2c(F)cccc2OC)c1. The molecule has 98 valence electrons. The predicted molar refractivity (Wildman–Crippen MR) is 67.2 cm³/mol. The summed E-state index contributed by atoms with van der Waals surface area (Å²) in [6.45, 7) is 0. The largest absolute Gasteiger partial charge is 0.496 e. The Hall–Kier alpha value is -2.43. The highest BCUT2D eigenvalue weighted by atomic mass is 19.1. The molecule has 2 aromatic rings. The summed E-state index contributed by atoms with van der Waals surface area (Å²) in [6.07, 6.45) is 2.83. The lowest BCUT2D eigenvalue weighted by Gasteiger charge is -2.09. The summed E-state index contributed by atoms with van der Waals surface area (Å²) in [7, 11) is 2.85. The standard InChI is InChI=1S/C14H12FNO3/c1-18-10-6-9(7-16-8-10)14(17)13-11(15)4-3-5-12(13)19-2/h3-8H,1-2H3. The first-order valence-corrected chi connectivity index (χ1v) is 5.53. The van der Waals surface area contributed by atoms with Crippen molar-refractivity contribution in [1.29, 1.82) is 0 Å². The predicted octanol–water partition coefficient (Wildman–Crippen LogP) is 2.47. The minimum Gasteiger partial charge on any atom is -0.496 e. The minimum atomic E-state index is -0.632. The van der Waals surface area contributed by atoms with Crippen LogP contribution in [-0.4, -0.2) is 25.0 Å². The van der Waals surface area contributed by atoms with Gasteiger partial charge in [0.05, 0.1) is 20.4 Å².